The predicted octanol–water partition coefficient (Wildman–Crippen LogP) is 2.58. The number of anilines is 1. The monoisotopic (exact) mass is 298 g/mol. The van der Waals surface area contributed by atoms with E-state index in [0.717, 1.165) is 5.75 Å². The summed E-state index contributed by atoms with van der Waals surface area (Å²) >= 11 is 0. The number of amides is 2. The van der Waals surface area contributed by atoms with Gasteiger partial charge in [0, 0.05) is 17.7 Å². The maximum absolute atomic E-state index is 11.8. The third-order valence-electron chi connectivity index (χ3n) is 2.99. The molecule has 2 amide bonds. The second kappa shape index (κ2) is 7.83. The van der Waals surface area contributed by atoms with Gasteiger partial charge in [-0.3, -0.25) is 9.59 Å². The van der Waals surface area contributed by atoms with E-state index in [-0.39, 0.29) is 5.91 Å². The summed E-state index contributed by atoms with van der Waals surface area (Å²) in [5.41, 5.74) is 6.13. The van der Waals surface area contributed by atoms with Gasteiger partial charge < -0.3 is 15.8 Å². The zero-order chi connectivity index (χ0) is 15.8. The molecule has 0 heterocycles. The van der Waals surface area contributed by atoms with Crippen molar-refractivity contribution in [2.75, 3.05) is 11.9 Å². The van der Waals surface area contributed by atoms with Crippen molar-refractivity contribution in [1.82, 2.24) is 0 Å². The lowest BCUT2D eigenvalue weighted by Crippen LogP contribution is -2.14. The Hall–Kier alpha value is -2.82. The molecular formula is C17H18N2O3. The van der Waals surface area contributed by atoms with Gasteiger partial charge in [0.25, 0.3) is 0 Å². The van der Waals surface area contributed by atoms with Gasteiger partial charge >= 0.3 is 0 Å². The molecule has 0 saturated carbocycles. The normalized spacial score (nSPS) is 10.0. The molecule has 0 aliphatic heterocycles. The Morgan fingerprint density at radius 1 is 1.05 bits per heavy atom. The molecule has 0 atom stereocenters. The Labute approximate surface area is 129 Å². The first-order chi connectivity index (χ1) is 10.6. The molecule has 3 N–H and O–H groups in total. The van der Waals surface area contributed by atoms with Gasteiger partial charge in [-0.25, -0.2) is 0 Å². The summed E-state index contributed by atoms with van der Waals surface area (Å²) in [7, 11) is 0. The van der Waals surface area contributed by atoms with E-state index in [2.05, 4.69) is 5.32 Å². The first-order valence-corrected chi connectivity index (χ1v) is 7.03. The minimum atomic E-state index is -0.521. The minimum absolute atomic E-state index is 0.127. The summed E-state index contributed by atoms with van der Waals surface area (Å²) in [4.78, 5) is 22.9. The number of ether oxygens (including phenoxy) is 1. The number of carbonyl (C=O) groups is 2. The Bertz CT molecular complexity index is 641. The number of para-hydroxylation sites is 1. The fraction of sp³-hybridized carbons (Fsp3) is 0.176. The first kappa shape index (κ1) is 15.6. The van der Waals surface area contributed by atoms with Crippen LogP contribution < -0.4 is 15.8 Å². The molecule has 5 nitrogen and oxygen atoms in total. The highest BCUT2D eigenvalue weighted by molar-refractivity contribution is 5.96. The zero-order valence-electron chi connectivity index (χ0n) is 12.1. The first-order valence-electron chi connectivity index (χ1n) is 7.03. The Kier molecular flexibility index (Phi) is 5.54. The number of primary amides is 1. The molecule has 0 saturated heterocycles. The van der Waals surface area contributed by atoms with E-state index >= 15 is 0 Å². The van der Waals surface area contributed by atoms with Gasteiger partial charge in [-0.1, -0.05) is 24.3 Å². The maximum atomic E-state index is 11.8. The third-order valence-corrected chi connectivity index (χ3v) is 2.99. The molecule has 0 unspecified atom stereocenters. The molecule has 114 valence electrons. The minimum Gasteiger partial charge on any atom is -0.494 e. The smallest absolute Gasteiger partial charge is 0.248 e. The maximum Gasteiger partial charge on any atom is 0.248 e. The summed E-state index contributed by atoms with van der Waals surface area (Å²) in [5.74, 6) is 0.141. The fourth-order valence-electron chi connectivity index (χ4n) is 1.91. The van der Waals surface area contributed by atoms with Gasteiger partial charge in [-0.15, -0.1) is 0 Å². The molecule has 2 aromatic carbocycles. The van der Waals surface area contributed by atoms with Crippen LogP contribution in [0.3, 0.4) is 0 Å². The lowest BCUT2D eigenvalue weighted by molar-refractivity contribution is -0.116. The van der Waals surface area contributed by atoms with Crippen molar-refractivity contribution in [3.05, 3.63) is 60.2 Å². The SMILES string of the molecule is NC(=O)c1cccc(NC(=O)CCCOc2ccccc2)c1. The average Bonchev–Trinajstić information content (AvgIpc) is 2.53. The van der Waals surface area contributed by atoms with Gasteiger partial charge in [0.15, 0.2) is 0 Å². The van der Waals surface area contributed by atoms with Crippen LogP contribution in [0.1, 0.15) is 23.2 Å². The zero-order valence-corrected chi connectivity index (χ0v) is 12.1. The topological polar surface area (TPSA) is 81.4 Å². The molecule has 0 aliphatic carbocycles. The Morgan fingerprint density at radius 3 is 2.55 bits per heavy atom. The number of hydrogen-bond acceptors (Lipinski definition) is 3. The van der Waals surface area contributed by atoms with Gasteiger partial charge in [0.1, 0.15) is 5.75 Å². The van der Waals surface area contributed by atoms with E-state index in [1.807, 2.05) is 30.3 Å². The van der Waals surface area contributed by atoms with Crippen LogP contribution in [0.25, 0.3) is 0 Å². The van der Waals surface area contributed by atoms with Crippen LogP contribution in [0, 0.1) is 0 Å². The number of nitrogens with one attached hydrogen (secondary N) is 1. The standard InChI is InChI=1S/C17H18N2O3/c18-17(21)13-6-4-7-14(12-13)19-16(20)10-5-11-22-15-8-2-1-3-9-15/h1-4,6-9,12H,5,10-11H2,(H2,18,21)(H,19,20). The summed E-state index contributed by atoms with van der Waals surface area (Å²) < 4.78 is 5.52. The van der Waals surface area contributed by atoms with E-state index in [1.165, 1.54) is 0 Å². The second-order valence-electron chi connectivity index (χ2n) is 4.76. The van der Waals surface area contributed by atoms with E-state index < -0.39 is 5.91 Å². The van der Waals surface area contributed by atoms with E-state index in [4.69, 9.17) is 10.5 Å². The van der Waals surface area contributed by atoms with E-state index in [9.17, 15) is 9.59 Å². The fourth-order valence-corrected chi connectivity index (χ4v) is 1.91. The van der Waals surface area contributed by atoms with Gasteiger partial charge in [-0.2, -0.15) is 0 Å². The lowest BCUT2D eigenvalue weighted by Gasteiger charge is -2.07. The number of benzene rings is 2. The third kappa shape index (κ3) is 4.94. The highest BCUT2D eigenvalue weighted by Crippen LogP contribution is 2.12. The van der Waals surface area contributed by atoms with Gasteiger partial charge in [0.2, 0.25) is 11.8 Å². The molecule has 0 spiro atoms. The largest absolute Gasteiger partial charge is 0.494 e. The number of rotatable bonds is 7. The molecule has 0 aromatic heterocycles. The second-order valence-corrected chi connectivity index (χ2v) is 4.76. The van der Waals surface area contributed by atoms with Crippen LogP contribution in [0.4, 0.5) is 5.69 Å². The summed E-state index contributed by atoms with van der Waals surface area (Å²) in [6.45, 7) is 0.471. The van der Waals surface area contributed by atoms with Crippen molar-refractivity contribution in [1.29, 1.82) is 0 Å². The molecule has 2 rings (SSSR count). The number of hydrogen-bond donors (Lipinski definition) is 2. The molecule has 22 heavy (non-hydrogen) atoms. The van der Waals surface area contributed by atoms with Crippen molar-refractivity contribution < 1.29 is 14.3 Å². The van der Waals surface area contributed by atoms with Gasteiger partial charge in [0.05, 0.1) is 6.61 Å². The lowest BCUT2D eigenvalue weighted by atomic mass is 10.2. The quantitative estimate of drug-likeness (QED) is 0.771. The highest BCUT2D eigenvalue weighted by atomic mass is 16.5. The number of nitrogens with two attached hydrogens (primary N) is 1. The van der Waals surface area contributed by atoms with Crippen molar-refractivity contribution in [3.8, 4) is 5.75 Å². The van der Waals surface area contributed by atoms with E-state index in [1.54, 1.807) is 24.3 Å². The molecule has 0 radical (unpaired) electrons. The van der Waals surface area contributed by atoms with Crippen LogP contribution in [0.2, 0.25) is 0 Å². The summed E-state index contributed by atoms with van der Waals surface area (Å²) in [5, 5.41) is 2.73. The highest BCUT2D eigenvalue weighted by Gasteiger charge is 2.05. The van der Waals surface area contributed by atoms with Crippen LogP contribution in [0.5, 0.6) is 5.75 Å². The average molecular weight is 298 g/mol. The van der Waals surface area contributed by atoms with Crippen LogP contribution in [-0.2, 0) is 4.79 Å². The molecule has 5 heteroatoms. The van der Waals surface area contributed by atoms with Crippen molar-refractivity contribution >= 4 is 17.5 Å². The molecule has 2 aromatic rings. The molecular weight excluding hydrogens is 280 g/mol. The van der Waals surface area contributed by atoms with Crippen molar-refractivity contribution in [3.63, 3.8) is 0 Å². The predicted molar refractivity (Wildman–Crippen MR) is 84.8 cm³/mol. The van der Waals surface area contributed by atoms with Crippen molar-refractivity contribution in [2.24, 2.45) is 5.73 Å². The van der Waals surface area contributed by atoms with Gasteiger partial charge in [-0.05, 0) is 36.8 Å². The van der Waals surface area contributed by atoms with E-state index in [0.29, 0.717) is 30.7 Å². The van der Waals surface area contributed by atoms with Crippen LogP contribution in [0.15, 0.2) is 54.6 Å². The van der Waals surface area contributed by atoms with Crippen LogP contribution in [-0.4, -0.2) is 18.4 Å². The number of carbonyl (C=O) groups excluding carboxylic acids is 2. The molecule has 0 aliphatic rings. The molecule has 0 fully saturated rings. The summed E-state index contributed by atoms with van der Waals surface area (Å²) in [6, 6.07) is 16.0. The van der Waals surface area contributed by atoms with Crippen molar-refractivity contribution in [2.45, 2.75) is 12.8 Å². The molecule has 0 bridgehead atoms. The Balaban J connectivity index is 1.74. The Morgan fingerprint density at radius 2 is 1.82 bits per heavy atom. The summed E-state index contributed by atoms with van der Waals surface area (Å²) in [6.07, 6.45) is 0.948. The van der Waals surface area contributed by atoms with Crippen LogP contribution >= 0.6 is 0 Å².